The number of halogens is 1. The first kappa shape index (κ1) is 7.48. The number of hydrogen-bond donors (Lipinski definition) is 0. The lowest BCUT2D eigenvalue weighted by atomic mass is 10.2. The molecule has 0 N–H and O–H groups in total. The van der Waals surface area contributed by atoms with Crippen molar-refractivity contribution in [2.45, 2.75) is 6.92 Å². The molecule has 0 saturated carbocycles. The molecule has 0 spiro atoms. The zero-order chi connectivity index (χ0) is 6.57. The van der Waals surface area contributed by atoms with Gasteiger partial charge in [-0.05, 0) is 6.92 Å². The van der Waals surface area contributed by atoms with Crippen molar-refractivity contribution in [1.29, 1.82) is 0 Å². The summed E-state index contributed by atoms with van der Waals surface area (Å²) in [5.74, 6) is -0.0874. The first-order valence-corrected chi connectivity index (χ1v) is 2.71. The largest absolute Gasteiger partial charge is 0.293 e. The van der Waals surface area contributed by atoms with Gasteiger partial charge in [-0.1, -0.05) is 6.58 Å². The minimum absolute atomic E-state index is 0.0222. The standard InChI is InChI=1S/C6H7ClO/c1-3-5(2)6(8)4-7/h1,4H2,2H3. The fourth-order valence-electron chi connectivity index (χ4n) is 0.199. The van der Waals surface area contributed by atoms with Gasteiger partial charge in [0.1, 0.15) is 0 Å². The molecule has 0 radical (unpaired) electrons. The van der Waals surface area contributed by atoms with Gasteiger partial charge in [-0.25, -0.2) is 0 Å². The lowest BCUT2D eigenvalue weighted by Crippen LogP contribution is -1.98. The van der Waals surface area contributed by atoms with Crippen LogP contribution in [0.2, 0.25) is 0 Å². The Labute approximate surface area is 53.6 Å². The molecular weight excluding hydrogens is 124 g/mol. The molecule has 0 aliphatic rings. The van der Waals surface area contributed by atoms with E-state index in [1.54, 1.807) is 6.92 Å². The third-order valence-electron chi connectivity index (χ3n) is 0.805. The summed E-state index contributed by atoms with van der Waals surface area (Å²) in [5.41, 5.74) is 2.95. The molecule has 0 bridgehead atoms. The smallest absolute Gasteiger partial charge is 0.180 e. The van der Waals surface area contributed by atoms with Gasteiger partial charge in [0.05, 0.1) is 5.88 Å². The molecule has 0 aliphatic heterocycles. The van der Waals surface area contributed by atoms with Crippen molar-refractivity contribution in [3.05, 3.63) is 17.9 Å². The van der Waals surface area contributed by atoms with Gasteiger partial charge in [-0.3, -0.25) is 4.79 Å². The number of allylic oxidation sites excluding steroid dienone is 1. The molecule has 0 saturated heterocycles. The summed E-state index contributed by atoms with van der Waals surface area (Å²) < 4.78 is 0. The van der Waals surface area contributed by atoms with Crippen LogP contribution in [-0.4, -0.2) is 11.7 Å². The molecule has 0 fully saturated rings. The first-order valence-electron chi connectivity index (χ1n) is 2.18. The van der Waals surface area contributed by atoms with Crippen molar-refractivity contribution < 1.29 is 4.79 Å². The molecule has 0 amide bonds. The Morgan fingerprint density at radius 1 is 1.88 bits per heavy atom. The van der Waals surface area contributed by atoms with Crippen LogP contribution in [0.4, 0.5) is 0 Å². The van der Waals surface area contributed by atoms with Gasteiger partial charge >= 0.3 is 0 Å². The van der Waals surface area contributed by atoms with Gasteiger partial charge in [-0.15, -0.1) is 17.3 Å². The van der Waals surface area contributed by atoms with Crippen molar-refractivity contribution in [1.82, 2.24) is 0 Å². The Kier molecular flexibility index (Phi) is 3.25. The van der Waals surface area contributed by atoms with Crippen LogP contribution in [0.15, 0.2) is 17.9 Å². The molecule has 0 rings (SSSR count). The summed E-state index contributed by atoms with van der Waals surface area (Å²) >= 11 is 5.19. The summed E-state index contributed by atoms with van der Waals surface area (Å²) in [6, 6.07) is 0. The van der Waals surface area contributed by atoms with Gasteiger partial charge in [0.15, 0.2) is 5.78 Å². The maximum Gasteiger partial charge on any atom is 0.180 e. The average Bonchev–Trinajstić information content (AvgIpc) is 1.84. The van der Waals surface area contributed by atoms with Crippen LogP contribution < -0.4 is 0 Å². The van der Waals surface area contributed by atoms with Crippen LogP contribution in [0.5, 0.6) is 0 Å². The molecule has 0 aromatic carbocycles. The number of carbonyl (C=O) groups is 1. The van der Waals surface area contributed by atoms with Gasteiger partial charge in [0, 0.05) is 5.57 Å². The van der Waals surface area contributed by atoms with Gasteiger partial charge in [0.25, 0.3) is 0 Å². The van der Waals surface area contributed by atoms with E-state index < -0.39 is 0 Å². The van der Waals surface area contributed by atoms with E-state index in [4.69, 9.17) is 11.6 Å². The van der Waals surface area contributed by atoms with Crippen LogP contribution in [0.1, 0.15) is 6.92 Å². The third kappa shape index (κ3) is 1.97. The van der Waals surface area contributed by atoms with E-state index in [0.29, 0.717) is 5.57 Å². The van der Waals surface area contributed by atoms with Crippen LogP contribution in [0.25, 0.3) is 0 Å². The third-order valence-corrected chi connectivity index (χ3v) is 1.05. The molecule has 8 heavy (non-hydrogen) atoms. The van der Waals surface area contributed by atoms with Crippen LogP contribution in [0.3, 0.4) is 0 Å². The van der Waals surface area contributed by atoms with E-state index >= 15 is 0 Å². The molecule has 0 aromatic rings. The molecule has 44 valence electrons. The topological polar surface area (TPSA) is 17.1 Å². The Morgan fingerprint density at radius 2 is 2.38 bits per heavy atom. The minimum atomic E-state index is -0.110. The Bertz CT molecular complexity index is 143. The molecule has 0 aromatic heterocycles. The second-order valence-electron chi connectivity index (χ2n) is 1.36. The first-order chi connectivity index (χ1) is 3.72. The molecule has 0 unspecified atom stereocenters. The van der Waals surface area contributed by atoms with E-state index in [0.717, 1.165) is 0 Å². The van der Waals surface area contributed by atoms with Crippen molar-refractivity contribution in [2.24, 2.45) is 0 Å². The summed E-state index contributed by atoms with van der Waals surface area (Å²) in [7, 11) is 0. The average molecular weight is 131 g/mol. The summed E-state index contributed by atoms with van der Waals surface area (Å²) in [5, 5.41) is 0. The second-order valence-corrected chi connectivity index (χ2v) is 1.63. The Balaban J connectivity index is 4.04. The van der Waals surface area contributed by atoms with E-state index in [2.05, 4.69) is 12.3 Å². The van der Waals surface area contributed by atoms with Crippen LogP contribution in [0, 0.1) is 0 Å². The summed E-state index contributed by atoms with van der Waals surface area (Å²) in [4.78, 5) is 10.5. The SMILES string of the molecule is C=C=C(C)C(=O)CCl. The lowest BCUT2D eigenvalue weighted by molar-refractivity contribution is -0.113. The Morgan fingerprint density at radius 3 is 2.50 bits per heavy atom. The van der Waals surface area contributed by atoms with Gasteiger partial charge < -0.3 is 0 Å². The molecular formula is C6H7ClO. The van der Waals surface area contributed by atoms with Crippen LogP contribution >= 0.6 is 11.6 Å². The molecule has 0 heterocycles. The highest BCUT2D eigenvalue weighted by Crippen LogP contribution is 1.91. The predicted octanol–water partition coefficient (Wildman–Crippen LogP) is 1.53. The van der Waals surface area contributed by atoms with Crippen molar-refractivity contribution >= 4 is 17.4 Å². The summed E-state index contributed by atoms with van der Waals surface area (Å²) in [6.07, 6.45) is 0. The van der Waals surface area contributed by atoms with E-state index in [1.165, 1.54) is 0 Å². The maximum absolute atomic E-state index is 10.5. The number of rotatable bonds is 2. The monoisotopic (exact) mass is 130 g/mol. The minimum Gasteiger partial charge on any atom is -0.293 e. The Hall–Kier alpha value is -0.520. The molecule has 0 aliphatic carbocycles. The number of Topliss-reactive ketones (excluding diaryl/α,β-unsaturated/α-hetero) is 1. The number of hydrogen-bond acceptors (Lipinski definition) is 1. The fraction of sp³-hybridized carbons (Fsp3) is 0.333. The van der Waals surface area contributed by atoms with E-state index in [-0.39, 0.29) is 11.7 Å². The quantitative estimate of drug-likeness (QED) is 0.315. The van der Waals surface area contributed by atoms with Crippen LogP contribution in [-0.2, 0) is 4.79 Å². The second kappa shape index (κ2) is 3.48. The zero-order valence-corrected chi connectivity index (χ0v) is 5.46. The fourth-order valence-corrected chi connectivity index (χ4v) is 0.399. The zero-order valence-electron chi connectivity index (χ0n) is 4.70. The lowest BCUT2D eigenvalue weighted by Gasteiger charge is -1.86. The maximum atomic E-state index is 10.5. The molecule has 0 atom stereocenters. The highest BCUT2D eigenvalue weighted by Gasteiger charge is 1.97. The number of alkyl halides is 1. The number of carbonyl (C=O) groups excluding carboxylic acids is 1. The number of ketones is 1. The molecule has 2 heteroatoms. The highest BCUT2D eigenvalue weighted by atomic mass is 35.5. The van der Waals surface area contributed by atoms with Gasteiger partial charge in [-0.2, -0.15) is 0 Å². The van der Waals surface area contributed by atoms with Gasteiger partial charge in [0.2, 0.25) is 0 Å². The molecule has 1 nitrogen and oxygen atoms in total. The highest BCUT2D eigenvalue weighted by molar-refractivity contribution is 6.30. The normalized spacial score (nSPS) is 7.75. The summed E-state index contributed by atoms with van der Waals surface area (Å²) in [6.45, 7) is 4.92. The van der Waals surface area contributed by atoms with Crippen molar-refractivity contribution in [2.75, 3.05) is 5.88 Å². The van der Waals surface area contributed by atoms with E-state index in [1.807, 2.05) is 0 Å². The van der Waals surface area contributed by atoms with Crippen molar-refractivity contribution in [3.63, 3.8) is 0 Å². The van der Waals surface area contributed by atoms with E-state index in [9.17, 15) is 4.79 Å². The predicted molar refractivity (Wildman–Crippen MR) is 34.1 cm³/mol. The van der Waals surface area contributed by atoms with Crippen molar-refractivity contribution in [3.8, 4) is 0 Å².